The van der Waals surface area contributed by atoms with E-state index in [-0.39, 0.29) is 23.8 Å². The van der Waals surface area contributed by atoms with E-state index >= 15 is 0 Å². The number of benzene rings is 1. The van der Waals surface area contributed by atoms with Gasteiger partial charge in [-0.3, -0.25) is 9.59 Å². The van der Waals surface area contributed by atoms with Crippen LogP contribution in [0.1, 0.15) is 5.56 Å². The molecule has 1 heterocycles. The lowest BCUT2D eigenvalue weighted by molar-refractivity contribution is -0.123. The van der Waals surface area contributed by atoms with Crippen molar-refractivity contribution in [3.63, 3.8) is 0 Å². The fraction of sp³-hybridized carbons (Fsp3) is 0.143. The number of hydrogen-bond acceptors (Lipinski definition) is 3. The van der Waals surface area contributed by atoms with Crippen LogP contribution in [0.2, 0.25) is 0 Å². The van der Waals surface area contributed by atoms with E-state index in [0.29, 0.717) is 6.54 Å². The van der Waals surface area contributed by atoms with E-state index < -0.39 is 0 Å². The summed E-state index contributed by atoms with van der Waals surface area (Å²) in [5.41, 5.74) is 0.659. The first kappa shape index (κ1) is 12.9. The maximum atomic E-state index is 11.6. The molecule has 1 aromatic carbocycles. The van der Waals surface area contributed by atoms with Crippen molar-refractivity contribution in [1.82, 2.24) is 10.3 Å². The monoisotopic (exact) mass is 258 g/mol. The summed E-state index contributed by atoms with van der Waals surface area (Å²) in [5, 5.41) is 2.71. The molecule has 2 N–H and O–H groups in total. The highest BCUT2D eigenvalue weighted by atomic mass is 16.5. The van der Waals surface area contributed by atoms with Crippen molar-refractivity contribution in [1.29, 1.82) is 0 Å². The van der Waals surface area contributed by atoms with Gasteiger partial charge in [-0.05, 0) is 17.7 Å². The van der Waals surface area contributed by atoms with Gasteiger partial charge in [-0.1, -0.05) is 30.3 Å². The van der Waals surface area contributed by atoms with Gasteiger partial charge in [0.25, 0.3) is 11.5 Å². The Morgan fingerprint density at radius 3 is 2.68 bits per heavy atom. The van der Waals surface area contributed by atoms with Crippen molar-refractivity contribution in [2.24, 2.45) is 0 Å². The van der Waals surface area contributed by atoms with Gasteiger partial charge < -0.3 is 15.0 Å². The second-order valence-corrected chi connectivity index (χ2v) is 3.91. The average Bonchev–Trinajstić information content (AvgIpc) is 2.45. The van der Waals surface area contributed by atoms with Crippen molar-refractivity contribution in [3.8, 4) is 5.75 Å². The summed E-state index contributed by atoms with van der Waals surface area (Å²) in [6.45, 7) is 0.258. The molecule has 5 heteroatoms. The molecule has 2 rings (SSSR count). The molecule has 0 spiro atoms. The highest BCUT2D eigenvalue weighted by Gasteiger charge is 2.04. The van der Waals surface area contributed by atoms with Crippen LogP contribution in [-0.4, -0.2) is 17.5 Å². The topological polar surface area (TPSA) is 71.2 Å². The van der Waals surface area contributed by atoms with Gasteiger partial charge in [-0.15, -0.1) is 0 Å². The Morgan fingerprint density at radius 2 is 1.95 bits per heavy atom. The van der Waals surface area contributed by atoms with Gasteiger partial charge >= 0.3 is 0 Å². The zero-order valence-electron chi connectivity index (χ0n) is 10.3. The smallest absolute Gasteiger partial charge is 0.290 e. The zero-order valence-corrected chi connectivity index (χ0v) is 10.3. The van der Waals surface area contributed by atoms with Crippen molar-refractivity contribution < 1.29 is 9.53 Å². The van der Waals surface area contributed by atoms with E-state index in [4.69, 9.17) is 4.74 Å². The number of carbonyl (C=O) groups is 1. The second kappa shape index (κ2) is 6.39. The molecule has 0 aliphatic carbocycles. The Labute approximate surface area is 110 Å². The molecule has 0 aliphatic rings. The Morgan fingerprint density at radius 1 is 1.16 bits per heavy atom. The molecule has 0 unspecified atom stereocenters. The van der Waals surface area contributed by atoms with Gasteiger partial charge in [0, 0.05) is 12.7 Å². The number of nitrogens with one attached hydrogen (secondary N) is 2. The van der Waals surface area contributed by atoms with Gasteiger partial charge in [0.05, 0.1) is 0 Å². The molecule has 1 amide bonds. The maximum Gasteiger partial charge on any atom is 0.290 e. The fourth-order valence-electron chi connectivity index (χ4n) is 1.51. The van der Waals surface area contributed by atoms with Crippen molar-refractivity contribution in [2.45, 2.75) is 6.54 Å². The Balaban J connectivity index is 1.79. The maximum absolute atomic E-state index is 11.6. The number of rotatable bonds is 5. The third-order valence-corrected chi connectivity index (χ3v) is 2.47. The lowest BCUT2D eigenvalue weighted by Crippen LogP contribution is -2.29. The summed E-state index contributed by atoms with van der Waals surface area (Å²) in [6.07, 6.45) is 1.50. The molecule has 0 saturated heterocycles. The van der Waals surface area contributed by atoms with Crippen LogP contribution in [0.25, 0.3) is 0 Å². The minimum absolute atomic E-state index is 0.136. The summed E-state index contributed by atoms with van der Waals surface area (Å²) in [6, 6.07) is 12.7. The van der Waals surface area contributed by atoms with E-state index in [0.717, 1.165) is 5.56 Å². The normalized spacial score (nSPS) is 9.89. The van der Waals surface area contributed by atoms with Gasteiger partial charge in [-0.25, -0.2) is 0 Å². The quantitative estimate of drug-likeness (QED) is 0.842. The first-order valence-electron chi connectivity index (χ1n) is 5.87. The first-order valence-corrected chi connectivity index (χ1v) is 5.87. The number of ether oxygens (including phenoxy) is 1. The van der Waals surface area contributed by atoms with E-state index in [1.54, 1.807) is 6.07 Å². The zero-order chi connectivity index (χ0) is 13.5. The van der Waals surface area contributed by atoms with Crippen LogP contribution in [0, 0.1) is 0 Å². The summed E-state index contributed by atoms with van der Waals surface area (Å²) in [7, 11) is 0. The molecule has 5 nitrogen and oxygen atoms in total. The van der Waals surface area contributed by atoms with E-state index in [2.05, 4.69) is 10.3 Å². The van der Waals surface area contributed by atoms with Crippen LogP contribution in [0.4, 0.5) is 0 Å². The summed E-state index contributed by atoms with van der Waals surface area (Å²) in [5.74, 6) is -0.135. The Bertz CT molecular complexity index is 593. The van der Waals surface area contributed by atoms with Crippen molar-refractivity contribution in [2.75, 3.05) is 6.61 Å². The molecule has 0 aliphatic heterocycles. The Hall–Kier alpha value is -2.56. The van der Waals surface area contributed by atoms with E-state index in [1.807, 2.05) is 30.3 Å². The molecule has 1 aromatic heterocycles. The molecular weight excluding hydrogens is 244 g/mol. The predicted octanol–water partition coefficient (Wildman–Crippen LogP) is 1.07. The molecule has 0 radical (unpaired) electrons. The predicted molar refractivity (Wildman–Crippen MR) is 70.8 cm³/mol. The molecule has 0 atom stereocenters. The second-order valence-electron chi connectivity index (χ2n) is 3.91. The summed E-state index contributed by atoms with van der Waals surface area (Å²) < 4.78 is 5.13. The number of carbonyl (C=O) groups excluding carboxylic acids is 1. The molecule has 0 fully saturated rings. The summed E-state index contributed by atoms with van der Waals surface area (Å²) >= 11 is 0. The van der Waals surface area contributed by atoms with Gasteiger partial charge in [0.15, 0.2) is 12.4 Å². The van der Waals surface area contributed by atoms with Crippen molar-refractivity contribution in [3.05, 3.63) is 64.6 Å². The Kier molecular flexibility index (Phi) is 4.34. The highest BCUT2D eigenvalue weighted by molar-refractivity contribution is 5.77. The molecule has 98 valence electrons. The summed E-state index contributed by atoms with van der Waals surface area (Å²) in [4.78, 5) is 25.3. The molecular formula is C14H14N2O3. The number of aromatic nitrogens is 1. The van der Waals surface area contributed by atoms with Crippen LogP contribution in [0.15, 0.2) is 53.5 Å². The number of aromatic amines is 1. The van der Waals surface area contributed by atoms with E-state index in [1.165, 1.54) is 12.3 Å². The van der Waals surface area contributed by atoms with Crippen LogP contribution in [-0.2, 0) is 11.3 Å². The molecule has 0 bridgehead atoms. The van der Waals surface area contributed by atoms with Crippen LogP contribution < -0.4 is 15.6 Å². The average molecular weight is 258 g/mol. The lowest BCUT2D eigenvalue weighted by atomic mass is 10.2. The van der Waals surface area contributed by atoms with E-state index in [9.17, 15) is 9.59 Å². The highest BCUT2D eigenvalue weighted by Crippen LogP contribution is 2.00. The van der Waals surface area contributed by atoms with Crippen molar-refractivity contribution >= 4 is 5.91 Å². The molecule has 0 saturated carbocycles. The minimum atomic E-state index is -0.349. The fourth-order valence-corrected chi connectivity index (χ4v) is 1.51. The number of H-pyrrole nitrogens is 1. The standard InChI is InChI=1S/C14H14N2O3/c17-13(16-9-11-5-2-1-3-6-11)10-19-12-7-4-8-15-14(12)18/h1-8H,9-10H2,(H,15,18)(H,16,17). The number of hydrogen-bond donors (Lipinski definition) is 2. The third-order valence-electron chi connectivity index (χ3n) is 2.47. The molecule has 2 aromatic rings. The van der Waals surface area contributed by atoms with Gasteiger partial charge in [0.1, 0.15) is 0 Å². The van der Waals surface area contributed by atoms with Gasteiger partial charge in [-0.2, -0.15) is 0 Å². The van der Waals surface area contributed by atoms with Crippen LogP contribution >= 0.6 is 0 Å². The van der Waals surface area contributed by atoms with Crippen LogP contribution in [0.5, 0.6) is 5.75 Å². The largest absolute Gasteiger partial charge is 0.478 e. The van der Waals surface area contributed by atoms with Gasteiger partial charge in [0.2, 0.25) is 0 Å². The third kappa shape index (κ3) is 3.99. The number of pyridine rings is 1. The SMILES string of the molecule is O=C(COc1ccc[nH]c1=O)NCc1ccccc1. The number of amides is 1. The minimum Gasteiger partial charge on any atom is -0.478 e. The first-order chi connectivity index (χ1) is 9.25. The van der Waals surface area contributed by atoms with Crippen LogP contribution in [0.3, 0.4) is 0 Å². The molecule has 19 heavy (non-hydrogen) atoms. The lowest BCUT2D eigenvalue weighted by Gasteiger charge is -2.06.